The van der Waals surface area contributed by atoms with Crippen molar-refractivity contribution in [2.24, 2.45) is 23.7 Å². The number of anilines is 2. The topological polar surface area (TPSA) is 124 Å². The SMILES string of the molecule is CC(C)(C)c1ccc(OCC23c4ccccc4C(c4ccccc42)C2C(=O)N(c4ccc(N5C(=O)C6C(C5=O)C5(c7ccc(O)cc7)c7ccccc7C6(Cc6ccc(O)cc6)c6ccccc65)cc4)C(=O)C23)cc1. The lowest BCUT2D eigenvalue weighted by molar-refractivity contribution is -0.124. The van der Waals surface area contributed by atoms with Gasteiger partial charge in [0.25, 0.3) is 0 Å². The van der Waals surface area contributed by atoms with Gasteiger partial charge in [0.1, 0.15) is 23.9 Å². The van der Waals surface area contributed by atoms with Gasteiger partial charge >= 0.3 is 0 Å². The van der Waals surface area contributed by atoms with Crippen molar-refractivity contribution in [3.63, 3.8) is 0 Å². The van der Waals surface area contributed by atoms with Gasteiger partial charge in [-0.2, -0.15) is 0 Å². The van der Waals surface area contributed by atoms with Crippen LogP contribution in [-0.4, -0.2) is 40.4 Å². The van der Waals surface area contributed by atoms with Gasteiger partial charge in [-0.05, 0) is 134 Å². The fourth-order valence-corrected chi connectivity index (χ4v) is 15.1. The number of nitrogens with zero attached hydrogens (tertiary/aromatic N) is 2. The van der Waals surface area contributed by atoms with E-state index in [1.54, 1.807) is 48.5 Å². The fourth-order valence-electron chi connectivity index (χ4n) is 15.1. The van der Waals surface area contributed by atoms with Gasteiger partial charge in [0.2, 0.25) is 23.6 Å². The van der Waals surface area contributed by atoms with Crippen LogP contribution in [0, 0.1) is 23.7 Å². The number of rotatable bonds is 8. The maximum atomic E-state index is 15.9. The molecule has 2 heterocycles. The molecule has 4 unspecified atom stereocenters. The summed E-state index contributed by atoms with van der Waals surface area (Å²) in [6.45, 7) is 6.64. The third-order valence-corrected chi connectivity index (χ3v) is 18.1. The van der Waals surface area contributed by atoms with E-state index in [-0.39, 0.29) is 53.1 Å². The lowest BCUT2D eigenvalue weighted by atomic mass is 9.39. The number of imide groups is 2. The first-order valence-corrected chi connectivity index (χ1v) is 25.9. The highest BCUT2D eigenvalue weighted by molar-refractivity contribution is 6.26. The number of phenols is 2. The number of amides is 4. The summed E-state index contributed by atoms with van der Waals surface area (Å²) in [5.74, 6) is -4.11. The lowest BCUT2D eigenvalue weighted by Crippen LogP contribution is -2.62. The molecule has 6 aliphatic carbocycles. The van der Waals surface area contributed by atoms with Crippen LogP contribution in [0.1, 0.15) is 87.9 Å². The van der Waals surface area contributed by atoms with Crippen molar-refractivity contribution in [2.45, 2.75) is 54.8 Å². The molecule has 75 heavy (non-hydrogen) atoms. The van der Waals surface area contributed by atoms with Crippen molar-refractivity contribution in [2.75, 3.05) is 16.4 Å². The van der Waals surface area contributed by atoms with Crippen molar-refractivity contribution < 1.29 is 34.1 Å². The Hall–Kier alpha value is -8.56. The maximum Gasteiger partial charge on any atom is 0.239 e. The minimum absolute atomic E-state index is 0.0467. The Morgan fingerprint density at radius 1 is 0.467 bits per heavy atom. The van der Waals surface area contributed by atoms with Gasteiger partial charge in [-0.25, -0.2) is 9.80 Å². The summed E-state index contributed by atoms with van der Waals surface area (Å²) >= 11 is 0. The molecule has 4 atom stereocenters. The summed E-state index contributed by atoms with van der Waals surface area (Å²) in [5.41, 5.74) is 8.05. The molecule has 4 amide bonds. The molecular formula is C66H52N2O7. The van der Waals surface area contributed by atoms with Gasteiger partial charge in [0.15, 0.2) is 0 Å². The summed E-state index contributed by atoms with van der Waals surface area (Å²) in [7, 11) is 0. The molecule has 2 N–H and O–H groups in total. The first-order valence-electron chi connectivity index (χ1n) is 25.9. The number of aromatic hydroxyl groups is 2. The zero-order valence-electron chi connectivity index (χ0n) is 41.6. The Kier molecular flexibility index (Phi) is 9.46. The van der Waals surface area contributed by atoms with Crippen LogP contribution >= 0.6 is 0 Å². The number of ether oxygens (including phenoxy) is 1. The standard InChI is InChI=1S/C66H52N2O7/c1-63(2,3)39-24-34-45(35-25-39)75-37-65-48-14-6-4-12-46(48)54(47-13-5-7-15-49(47)65)55-56(65)60(72)67(59(55)71)41-26-28-42(29-27-41)68-61(73)57-58(62(68)74)66(40-22-32-44(70)33-23-40)52-18-10-8-16-50(52)64(57,51-17-9-11-19-53(51)66)36-38-20-30-43(69)31-21-38/h4-35,54-58,69-70H,36-37H2,1-3H3. The van der Waals surface area contributed by atoms with E-state index < -0.39 is 39.9 Å². The van der Waals surface area contributed by atoms with E-state index in [9.17, 15) is 10.2 Å². The van der Waals surface area contributed by atoms with Crippen molar-refractivity contribution in [1.29, 1.82) is 0 Å². The Labute approximate surface area is 434 Å². The Morgan fingerprint density at radius 2 is 0.920 bits per heavy atom. The predicted octanol–water partition coefficient (Wildman–Crippen LogP) is 11.0. The number of carbonyl (C=O) groups is 4. The number of phenolic OH excluding ortho intramolecular Hbond substituents is 2. The molecule has 8 aromatic carbocycles. The Balaban J connectivity index is 0.870. The molecule has 0 spiro atoms. The summed E-state index contributed by atoms with van der Waals surface area (Å²) in [6, 6.07) is 61.4. The van der Waals surface area contributed by atoms with E-state index in [1.807, 2.05) is 84.9 Å². The van der Waals surface area contributed by atoms with E-state index in [4.69, 9.17) is 4.74 Å². The van der Waals surface area contributed by atoms with Crippen LogP contribution in [0.4, 0.5) is 11.4 Å². The van der Waals surface area contributed by atoms with Crippen molar-refractivity contribution >= 4 is 35.0 Å². The van der Waals surface area contributed by atoms with Gasteiger partial charge < -0.3 is 14.9 Å². The van der Waals surface area contributed by atoms with Crippen LogP contribution in [0.25, 0.3) is 0 Å². The van der Waals surface area contributed by atoms with E-state index in [0.29, 0.717) is 23.5 Å². The molecule has 368 valence electrons. The average molecular weight is 985 g/mol. The molecule has 0 aromatic heterocycles. The van der Waals surface area contributed by atoms with Crippen molar-refractivity contribution in [3.05, 3.63) is 255 Å². The van der Waals surface area contributed by atoms with Crippen LogP contribution in [-0.2, 0) is 47.3 Å². The number of hydrogen-bond donors (Lipinski definition) is 2. The zero-order chi connectivity index (χ0) is 51.3. The molecule has 0 saturated carbocycles. The molecule has 2 saturated heterocycles. The molecule has 2 aliphatic heterocycles. The third-order valence-electron chi connectivity index (χ3n) is 18.1. The minimum Gasteiger partial charge on any atom is -0.508 e. The first-order chi connectivity index (χ1) is 36.3. The van der Waals surface area contributed by atoms with Gasteiger partial charge in [0.05, 0.1) is 45.9 Å². The average Bonchev–Trinajstić information content (AvgIpc) is 3.88. The van der Waals surface area contributed by atoms with Gasteiger partial charge in [-0.1, -0.05) is 154 Å². The largest absolute Gasteiger partial charge is 0.508 e. The highest BCUT2D eigenvalue weighted by Gasteiger charge is 2.74. The lowest BCUT2D eigenvalue weighted by Gasteiger charge is -2.60. The molecule has 8 aromatic rings. The van der Waals surface area contributed by atoms with Crippen LogP contribution in [0.3, 0.4) is 0 Å². The van der Waals surface area contributed by atoms with Gasteiger partial charge in [0, 0.05) is 11.3 Å². The third kappa shape index (κ3) is 5.84. The molecule has 9 heteroatoms. The number of hydrogen-bond acceptors (Lipinski definition) is 7. The maximum absolute atomic E-state index is 15.9. The fraction of sp³-hybridized carbons (Fsp3) is 0.212. The monoisotopic (exact) mass is 984 g/mol. The summed E-state index contributed by atoms with van der Waals surface area (Å²) in [4.78, 5) is 65.3. The smallest absolute Gasteiger partial charge is 0.239 e. The molecule has 16 rings (SSSR count). The normalized spacial score (nSPS) is 26.4. The van der Waals surface area contributed by atoms with Crippen LogP contribution in [0.2, 0.25) is 0 Å². The van der Waals surface area contributed by atoms with Gasteiger partial charge in [-0.15, -0.1) is 0 Å². The molecule has 8 aliphatic rings. The van der Waals surface area contributed by atoms with Crippen LogP contribution in [0.15, 0.2) is 194 Å². The van der Waals surface area contributed by atoms with E-state index in [1.165, 1.54) is 15.4 Å². The van der Waals surface area contributed by atoms with Gasteiger partial charge in [-0.3, -0.25) is 19.2 Å². The number of carbonyl (C=O) groups excluding carboxylic acids is 4. The molecule has 4 bridgehead atoms. The Morgan fingerprint density at radius 3 is 1.45 bits per heavy atom. The summed E-state index contributed by atoms with van der Waals surface area (Å²) in [5, 5.41) is 21.0. The predicted molar refractivity (Wildman–Crippen MR) is 285 cm³/mol. The molecular weight excluding hydrogens is 933 g/mol. The number of benzene rings is 8. The zero-order valence-corrected chi connectivity index (χ0v) is 41.6. The second-order valence-electron chi connectivity index (χ2n) is 22.4. The molecule has 2 fully saturated rings. The highest BCUT2D eigenvalue weighted by atomic mass is 16.5. The Bertz CT molecular complexity index is 3630. The summed E-state index contributed by atoms with van der Waals surface area (Å²) < 4.78 is 6.79. The first kappa shape index (κ1) is 45.1. The molecule has 9 nitrogen and oxygen atoms in total. The van der Waals surface area contributed by atoms with Crippen molar-refractivity contribution in [1.82, 2.24) is 0 Å². The van der Waals surface area contributed by atoms with Crippen LogP contribution in [0.5, 0.6) is 17.2 Å². The second kappa shape index (κ2) is 15.7. The van der Waals surface area contributed by atoms with E-state index in [0.717, 1.165) is 55.6 Å². The molecule has 0 radical (unpaired) electrons. The van der Waals surface area contributed by atoms with Crippen molar-refractivity contribution in [3.8, 4) is 17.2 Å². The van der Waals surface area contributed by atoms with Crippen LogP contribution < -0.4 is 14.5 Å². The summed E-state index contributed by atoms with van der Waals surface area (Å²) in [6.07, 6.45) is 0.367. The van der Waals surface area contributed by atoms with E-state index >= 15 is 19.2 Å². The minimum atomic E-state index is -1.13. The second-order valence-corrected chi connectivity index (χ2v) is 22.4. The van der Waals surface area contributed by atoms with E-state index in [2.05, 4.69) is 81.4 Å². The quantitative estimate of drug-likeness (QED) is 0.145. The highest BCUT2D eigenvalue weighted by Crippen LogP contribution is 2.70.